The Hall–Kier alpha value is -1.26. The molecule has 0 spiro atoms. The molecule has 0 saturated heterocycles. The maximum atomic E-state index is 5.66. The lowest BCUT2D eigenvalue weighted by atomic mass is 9.88. The SMILES string of the molecule is CC(C)(CCN)c1nccc(-c2ccccc2Br)n1. The Morgan fingerprint density at radius 2 is 1.95 bits per heavy atom. The fraction of sp³-hybridized carbons (Fsp3) is 0.333. The number of aromatic nitrogens is 2. The summed E-state index contributed by atoms with van der Waals surface area (Å²) in [7, 11) is 0. The van der Waals surface area contributed by atoms with Crippen molar-refractivity contribution in [2.24, 2.45) is 5.73 Å². The number of rotatable bonds is 4. The largest absolute Gasteiger partial charge is 0.330 e. The maximum absolute atomic E-state index is 5.66. The first-order valence-electron chi connectivity index (χ1n) is 6.33. The quantitative estimate of drug-likeness (QED) is 0.937. The van der Waals surface area contributed by atoms with Crippen LogP contribution in [0.25, 0.3) is 11.3 Å². The highest BCUT2D eigenvalue weighted by atomic mass is 79.9. The van der Waals surface area contributed by atoms with Crippen LogP contribution in [0.15, 0.2) is 41.0 Å². The van der Waals surface area contributed by atoms with E-state index >= 15 is 0 Å². The van der Waals surface area contributed by atoms with Crippen molar-refractivity contribution in [3.05, 3.63) is 46.8 Å². The third kappa shape index (κ3) is 3.19. The van der Waals surface area contributed by atoms with Gasteiger partial charge in [-0.3, -0.25) is 0 Å². The normalized spacial score (nSPS) is 11.6. The summed E-state index contributed by atoms with van der Waals surface area (Å²) in [5.74, 6) is 0.839. The van der Waals surface area contributed by atoms with Gasteiger partial charge >= 0.3 is 0 Å². The van der Waals surface area contributed by atoms with Crippen molar-refractivity contribution in [1.29, 1.82) is 0 Å². The van der Waals surface area contributed by atoms with E-state index in [0.717, 1.165) is 28.0 Å². The molecule has 0 unspecified atom stereocenters. The molecule has 1 aromatic heterocycles. The first kappa shape index (κ1) is 14.2. The number of nitrogens with two attached hydrogens (primary N) is 1. The molecule has 4 heteroatoms. The first-order chi connectivity index (χ1) is 9.04. The average molecular weight is 320 g/mol. The van der Waals surface area contributed by atoms with Crippen LogP contribution in [0.2, 0.25) is 0 Å². The maximum Gasteiger partial charge on any atom is 0.134 e. The summed E-state index contributed by atoms with van der Waals surface area (Å²) in [6, 6.07) is 10.00. The number of nitrogens with zero attached hydrogens (tertiary/aromatic N) is 2. The second-order valence-corrected chi connectivity index (χ2v) is 6.02. The van der Waals surface area contributed by atoms with Gasteiger partial charge in [0.05, 0.1) is 5.69 Å². The molecular formula is C15H18BrN3. The van der Waals surface area contributed by atoms with E-state index in [-0.39, 0.29) is 5.41 Å². The van der Waals surface area contributed by atoms with Crippen LogP contribution >= 0.6 is 15.9 Å². The van der Waals surface area contributed by atoms with E-state index in [2.05, 4.69) is 34.8 Å². The molecule has 1 aromatic carbocycles. The van der Waals surface area contributed by atoms with E-state index in [0.29, 0.717) is 6.54 Å². The van der Waals surface area contributed by atoms with Crippen LogP contribution in [0.4, 0.5) is 0 Å². The number of halogens is 1. The van der Waals surface area contributed by atoms with Crippen LogP contribution in [-0.4, -0.2) is 16.5 Å². The van der Waals surface area contributed by atoms with Crippen molar-refractivity contribution in [1.82, 2.24) is 9.97 Å². The van der Waals surface area contributed by atoms with E-state index in [1.807, 2.05) is 36.5 Å². The topological polar surface area (TPSA) is 51.8 Å². The Bertz CT molecular complexity index is 567. The Labute approximate surface area is 122 Å². The zero-order chi connectivity index (χ0) is 13.9. The van der Waals surface area contributed by atoms with Gasteiger partial charge in [0.1, 0.15) is 5.82 Å². The van der Waals surface area contributed by atoms with Gasteiger partial charge in [-0.25, -0.2) is 9.97 Å². The Morgan fingerprint density at radius 3 is 2.63 bits per heavy atom. The zero-order valence-electron chi connectivity index (χ0n) is 11.2. The van der Waals surface area contributed by atoms with Crippen LogP contribution < -0.4 is 5.73 Å². The smallest absolute Gasteiger partial charge is 0.134 e. The summed E-state index contributed by atoms with van der Waals surface area (Å²) >= 11 is 3.56. The van der Waals surface area contributed by atoms with Crippen molar-refractivity contribution in [2.75, 3.05) is 6.54 Å². The lowest BCUT2D eigenvalue weighted by molar-refractivity contribution is 0.457. The highest BCUT2D eigenvalue weighted by molar-refractivity contribution is 9.10. The van der Waals surface area contributed by atoms with Gasteiger partial charge in [0.25, 0.3) is 0 Å². The van der Waals surface area contributed by atoms with Crippen LogP contribution in [0, 0.1) is 0 Å². The third-order valence-corrected chi connectivity index (χ3v) is 3.87. The Balaban J connectivity index is 2.43. The second-order valence-electron chi connectivity index (χ2n) is 5.17. The molecule has 0 atom stereocenters. The lowest BCUT2D eigenvalue weighted by Gasteiger charge is -2.22. The Kier molecular flexibility index (Phi) is 4.32. The van der Waals surface area contributed by atoms with Gasteiger partial charge in [0.2, 0.25) is 0 Å². The molecule has 0 amide bonds. The monoisotopic (exact) mass is 319 g/mol. The minimum Gasteiger partial charge on any atom is -0.330 e. The molecule has 1 heterocycles. The summed E-state index contributed by atoms with van der Waals surface area (Å²) < 4.78 is 1.04. The predicted octanol–water partition coefficient (Wildman–Crippen LogP) is 3.53. The molecule has 0 aliphatic carbocycles. The molecule has 0 saturated carbocycles. The van der Waals surface area contributed by atoms with Gasteiger partial charge in [0.15, 0.2) is 0 Å². The summed E-state index contributed by atoms with van der Waals surface area (Å²) in [6.07, 6.45) is 2.68. The summed E-state index contributed by atoms with van der Waals surface area (Å²) in [6.45, 7) is 4.88. The Morgan fingerprint density at radius 1 is 1.21 bits per heavy atom. The molecule has 2 rings (SSSR count). The third-order valence-electron chi connectivity index (χ3n) is 3.18. The number of benzene rings is 1. The minimum absolute atomic E-state index is 0.105. The second kappa shape index (κ2) is 5.80. The van der Waals surface area contributed by atoms with Gasteiger partial charge in [-0.2, -0.15) is 0 Å². The van der Waals surface area contributed by atoms with E-state index < -0.39 is 0 Å². The van der Waals surface area contributed by atoms with Crippen molar-refractivity contribution in [3.63, 3.8) is 0 Å². The van der Waals surface area contributed by atoms with Crippen LogP contribution in [0.5, 0.6) is 0 Å². The van der Waals surface area contributed by atoms with E-state index in [1.165, 1.54) is 0 Å². The highest BCUT2D eigenvalue weighted by Gasteiger charge is 2.23. The average Bonchev–Trinajstić information content (AvgIpc) is 2.39. The van der Waals surface area contributed by atoms with E-state index in [1.54, 1.807) is 0 Å². The predicted molar refractivity (Wildman–Crippen MR) is 81.9 cm³/mol. The van der Waals surface area contributed by atoms with E-state index in [9.17, 15) is 0 Å². The van der Waals surface area contributed by atoms with E-state index in [4.69, 9.17) is 10.7 Å². The standard InChI is InChI=1S/C15H18BrN3/c1-15(2,8-9-17)14-18-10-7-13(19-14)11-5-3-4-6-12(11)16/h3-7,10H,8-9,17H2,1-2H3. The number of hydrogen-bond acceptors (Lipinski definition) is 3. The van der Waals surface area contributed by atoms with Gasteiger partial charge in [-0.15, -0.1) is 0 Å². The van der Waals surface area contributed by atoms with Crippen molar-refractivity contribution in [3.8, 4) is 11.3 Å². The molecule has 0 radical (unpaired) electrons. The lowest BCUT2D eigenvalue weighted by Crippen LogP contribution is -2.24. The fourth-order valence-corrected chi connectivity index (χ4v) is 2.46. The van der Waals surface area contributed by atoms with Gasteiger partial charge in [-0.1, -0.05) is 48.0 Å². The van der Waals surface area contributed by atoms with Crippen molar-refractivity contribution < 1.29 is 0 Å². The van der Waals surface area contributed by atoms with Crippen molar-refractivity contribution >= 4 is 15.9 Å². The fourth-order valence-electron chi connectivity index (χ4n) is 1.98. The van der Waals surface area contributed by atoms with Gasteiger partial charge in [0, 0.05) is 21.6 Å². The molecule has 0 aliphatic rings. The number of hydrogen-bond donors (Lipinski definition) is 1. The molecule has 0 aliphatic heterocycles. The zero-order valence-corrected chi connectivity index (χ0v) is 12.8. The van der Waals surface area contributed by atoms with Crippen LogP contribution in [-0.2, 0) is 5.41 Å². The molecule has 2 aromatic rings. The molecule has 0 bridgehead atoms. The highest BCUT2D eigenvalue weighted by Crippen LogP contribution is 2.29. The van der Waals surface area contributed by atoms with Crippen LogP contribution in [0.1, 0.15) is 26.1 Å². The van der Waals surface area contributed by atoms with Crippen LogP contribution in [0.3, 0.4) is 0 Å². The molecular weight excluding hydrogens is 302 g/mol. The summed E-state index contributed by atoms with van der Waals surface area (Å²) in [4.78, 5) is 9.10. The summed E-state index contributed by atoms with van der Waals surface area (Å²) in [5.41, 5.74) is 7.57. The molecule has 2 N–H and O–H groups in total. The van der Waals surface area contributed by atoms with Crippen molar-refractivity contribution in [2.45, 2.75) is 25.7 Å². The molecule has 100 valence electrons. The molecule has 0 fully saturated rings. The minimum atomic E-state index is -0.105. The molecule has 19 heavy (non-hydrogen) atoms. The summed E-state index contributed by atoms with van der Waals surface area (Å²) in [5, 5.41) is 0. The van der Waals surface area contributed by atoms with Gasteiger partial charge < -0.3 is 5.73 Å². The molecule has 3 nitrogen and oxygen atoms in total. The first-order valence-corrected chi connectivity index (χ1v) is 7.12. The van der Waals surface area contributed by atoms with Gasteiger partial charge in [-0.05, 0) is 25.1 Å².